The van der Waals surface area contributed by atoms with E-state index >= 15 is 0 Å². The Morgan fingerprint density at radius 1 is 1.55 bits per heavy atom. The summed E-state index contributed by atoms with van der Waals surface area (Å²) in [5.74, 6) is -0.554. The summed E-state index contributed by atoms with van der Waals surface area (Å²) in [6.45, 7) is 0.338. The number of nitro groups is 1. The van der Waals surface area contributed by atoms with Crippen molar-refractivity contribution in [2.45, 2.75) is 6.54 Å². The number of thiophene rings is 1. The fourth-order valence-corrected chi connectivity index (χ4v) is 2.33. The van der Waals surface area contributed by atoms with Crippen molar-refractivity contribution in [1.82, 2.24) is 9.88 Å². The normalized spacial score (nSPS) is 10.2. The molecule has 0 radical (unpaired) electrons. The summed E-state index contributed by atoms with van der Waals surface area (Å²) >= 11 is 1.50. The summed E-state index contributed by atoms with van der Waals surface area (Å²) in [5.41, 5.74) is -0.265. The minimum Gasteiger partial charge on any atom is -0.337 e. The Morgan fingerprint density at radius 2 is 2.30 bits per heavy atom. The highest BCUT2D eigenvalue weighted by Crippen LogP contribution is 2.12. The van der Waals surface area contributed by atoms with Gasteiger partial charge in [0, 0.05) is 19.7 Å². The average Bonchev–Trinajstić information content (AvgIpc) is 2.91. The third-order valence-electron chi connectivity index (χ3n) is 2.68. The fraction of sp³-hybridized carbons (Fsp3) is 0.167. The van der Waals surface area contributed by atoms with Gasteiger partial charge >= 0.3 is 0 Å². The van der Waals surface area contributed by atoms with Crippen LogP contribution in [0.5, 0.6) is 0 Å². The average molecular weight is 293 g/mol. The zero-order chi connectivity index (χ0) is 14.7. The van der Waals surface area contributed by atoms with Gasteiger partial charge in [0.05, 0.1) is 11.1 Å². The van der Waals surface area contributed by atoms with Gasteiger partial charge in [0.1, 0.15) is 5.56 Å². The Morgan fingerprint density at radius 3 is 2.90 bits per heavy atom. The highest BCUT2D eigenvalue weighted by atomic mass is 32.1. The molecule has 0 spiro atoms. The Balaban J connectivity index is 2.26. The van der Waals surface area contributed by atoms with Crippen molar-refractivity contribution in [3.05, 3.63) is 60.7 Å². The first-order valence-corrected chi connectivity index (χ1v) is 6.57. The Labute approximate surface area is 117 Å². The van der Waals surface area contributed by atoms with Crippen LogP contribution in [0.1, 0.15) is 15.9 Å². The van der Waals surface area contributed by atoms with Gasteiger partial charge in [0.25, 0.3) is 17.2 Å². The van der Waals surface area contributed by atoms with Gasteiger partial charge in [-0.15, -0.1) is 0 Å². The number of rotatable bonds is 4. The van der Waals surface area contributed by atoms with Crippen LogP contribution in [0.15, 0.2) is 33.9 Å². The number of hydrogen-bond donors (Lipinski definition) is 1. The monoisotopic (exact) mass is 293 g/mol. The molecule has 0 aliphatic rings. The molecule has 0 unspecified atom stereocenters. The van der Waals surface area contributed by atoms with Gasteiger partial charge in [0.15, 0.2) is 0 Å². The number of carbonyl (C=O) groups excluding carboxylic acids is 1. The van der Waals surface area contributed by atoms with E-state index in [4.69, 9.17) is 0 Å². The van der Waals surface area contributed by atoms with Crippen molar-refractivity contribution >= 4 is 22.9 Å². The molecule has 0 aromatic carbocycles. The van der Waals surface area contributed by atoms with Crippen LogP contribution in [0.3, 0.4) is 0 Å². The van der Waals surface area contributed by atoms with E-state index in [-0.39, 0.29) is 11.3 Å². The molecule has 0 saturated heterocycles. The molecule has 1 N–H and O–H groups in total. The molecule has 2 rings (SSSR count). The van der Waals surface area contributed by atoms with E-state index in [0.717, 1.165) is 17.8 Å². The predicted octanol–water partition coefficient (Wildman–Crippen LogP) is 1.62. The summed E-state index contributed by atoms with van der Waals surface area (Å²) in [4.78, 5) is 37.3. The molecule has 20 heavy (non-hydrogen) atoms. The fourth-order valence-electron chi connectivity index (χ4n) is 1.67. The molecular weight excluding hydrogens is 282 g/mol. The summed E-state index contributed by atoms with van der Waals surface area (Å²) in [6, 6.07) is 2.86. The van der Waals surface area contributed by atoms with Crippen molar-refractivity contribution in [3.8, 4) is 0 Å². The predicted molar refractivity (Wildman–Crippen MR) is 73.8 cm³/mol. The molecule has 0 fully saturated rings. The van der Waals surface area contributed by atoms with Crippen LogP contribution < -0.4 is 5.56 Å². The van der Waals surface area contributed by atoms with Crippen LogP contribution >= 0.6 is 11.3 Å². The maximum atomic E-state index is 12.2. The number of nitrogens with zero attached hydrogens (tertiary/aromatic N) is 2. The van der Waals surface area contributed by atoms with Gasteiger partial charge in [-0.05, 0) is 22.4 Å². The molecule has 2 aromatic heterocycles. The number of pyridine rings is 1. The number of hydrogen-bond acceptors (Lipinski definition) is 5. The molecule has 0 bridgehead atoms. The van der Waals surface area contributed by atoms with E-state index in [9.17, 15) is 19.7 Å². The third-order valence-corrected chi connectivity index (χ3v) is 3.41. The van der Waals surface area contributed by atoms with Crippen molar-refractivity contribution in [3.63, 3.8) is 0 Å². The van der Waals surface area contributed by atoms with Gasteiger partial charge in [-0.25, -0.2) is 0 Å². The summed E-state index contributed by atoms with van der Waals surface area (Å²) in [6.07, 6.45) is 0.970. The molecule has 8 heteroatoms. The minimum atomic E-state index is -0.661. The van der Waals surface area contributed by atoms with Crippen molar-refractivity contribution < 1.29 is 9.72 Å². The van der Waals surface area contributed by atoms with Crippen LogP contribution in [0.2, 0.25) is 0 Å². The van der Waals surface area contributed by atoms with Crippen LogP contribution in [0.25, 0.3) is 0 Å². The maximum Gasteiger partial charge on any atom is 0.286 e. The van der Waals surface area contributed by atoms with Crippen LogP contribution in [0.4, 0.5) is 5.69 Å². The smallest absolute Gasteiger partial charge is 0.286 e. The number of amides is 1. The molecule has 0 aliphatic heterocycles. The molecule has 2 heterocycles. The minimum absolute atomic E-state index is 0.239. The molecule has 104 valence electrons. The van der Waals surface area contributed by atoms with E-state index in [1.54, 1.807) is 0 Å². The van der Waals surface area contributed by atoms with Gasteiger partial charge in [-0.2, -0.15) is 11.3 Å². The summed E-state index contributed by atoms with van der Waals surface area (Å²) in [7, 11) is 1.54. The molecule has 1 amide bonds. The van der Waals surface area contributed by atoms with E-state index < -0.39 is 16.4 Å². The highest BCUT2D eigenvalue weighted by molar-refractivity contribution is 7.07. The lowest BCUT2D eigenvalue weighted by molar-refractivity contribution is -0.385. The number of nitrogens with one attached hydrogen (secondary N) is 1. The number of aromatic nitrogens is 1. The molecule has 2 aromatic rings. The lowest BCUT2D eigenvalue weighted by atomic mass is 10.2. The van der Waals surface area contributed by atoms with Gasteiger partial charge in [-0.1, -0.05) is 0 Å². The second-order valence-electron chi connectivity index (χ2n) is 4.15. The van der Waals surface area contributed by atoms with E-state index in [1.165, 1.54) is 23.3 Å². The van der Waals surface area contributed by atoms with Crippen molar-refractivity contribution in [1.29, 1.82) is 0 Å². The van der Waals surface area contributed by atoms with Crippen molar-refractivity contribution in [2.75, 3.05) is 7.05 Å². The Bertz CT molecular complexity index is 693. The first-order valence-electron chi connectivity index (χ1n) is 5.62. The largest absolute Gasteiger partial charge is 0.337 e. The Hall–Kier alpha value is -2.48. The molecule has 7 nitrogen and oxygen atoms in total. The van der Waals surface area contributed by atoms with E-state index in [0.29, 0.717) is 6.54 Å². The summed E-state index contributed by atoms with van der Waals surface area (Å²) < 4.78 is 0. The zero-order valence-corrected chi connectivity index (χ0v) is 11.3. The topological polar surface area (TPSA) is 96.3 Å². The van der Waals surface area contributed by atoms with Crippen molar-refractivity contribution in [2.24, 2.45) is 0 Å². The maximum absolute atomic E-state index is 12.2. The van der Waals surface area contributed by atoms with Crippen LogP contribution in [-0.2, 0) is 6.54 Å². The first kappa shape index (κ1) is 13.9. The third kappa shape index (κ3) is 2.91. The van der Waals surface area contributed by atoms with Crippen LogP contribution in [0, 0.1) is 10.1 Å². The van der Waals surface area contributed by atoms with Gasteiger partial charge in [0.2, 0.25) is 0 Å². The SMILES string of the molecule is CN(Cc1ccsc1)C(=O)c1cc([N+](=O)[O-])c[nH]c1=O. The van der Waals surface area contributed by atoms with E-state index in [1.807, 2.05) is 16.8 Å². The van der Waals surface area contributed by atoms with E-state index in [2.05, 4.69) is 4.98 Å². The van der Waals surface area contributed by atoms with Gasteiger partial charge in [-0.3, -0.25) is 19.7 Å². The van der Waals surface area contributed by atoms with Crippen LogP contribution in [-0.4, -0.2) is 27.8 Å². The summed E-state index contributed by atoms with van der Waals surface area (Å²) in [5, 5.41) is 14.4. The number of carbonyl (C=O) groups is 1. The standard InChI is InChI=1S/C12H11N3O4S/c1-14(6-8-2-3-20-7-8)12(17)10-4-9(15(18)19)5-13-11(10)16/h2-5,7H,6H2,1H3,(H,13,16). The highest BCUT2D eigenvalue weighted by Gasteiger charge is 2.19. The second-order valence-corrected chi connectivity index (χ2v) is 4.93. The Kier molecular flexibility index (Phi) is 3.94. The molecule has 0 saturated carbocycles. The zero-order valence-electron chi connectivity index (χ0n) is 10.5. The molecule has 0 atom stereocenters. The molecular formula is C12H11N3O4S. The van der Waals surface area contributed by atoms with Gasteiger partial charge < -0.3 is 9.88 Å². The lowest BCUT2D eigenvalue weighted by Gasteiger charge is -2.15. The lowest BCUT2D eigenvalue weighted by Crippen LogP contribution is -2.31. The number of aromatic amines is 1. The molecule has 0 aliphatic carbocycles. The number of H-pyrrole nitrogens is 1. The quantitative estimate of drug-likeness (QED) is 0.684. The second kappa shape index (κ2) is 5.66. The first-order chi connectivity index (χ1) is 9.49.